The molecular weight excluding hydrogens is 312 g/mol. The maximum absolute atomic E-state index is 12.3. The highest BCUT2D eigenvalue weighted by Crippen LogP contribution is 2.25. The van der Waals surface area contributed by atoms with Crippen LogP contribution in [0, 0.1) is 0 Å². The molecule has 0 aromatic carbocycles. The van der Waals surface area contributed by atoms with Gasteiger partial charge in [0.1, 0.15) is 11.0 Å². The number of aromatic nitrogens is 3. The number of nitrogens with one attached hydrogen (secondary N) is 1. The van der Waals surface area contributed by atoms with E-state index in [1.165, 1.54) is 12.8 Å². The predicted octanol–water partition coefficient (Wildman–Crippen LogP) is 2.75. The van der Waals surface area contributed by atoms with Gasteiger partial charge in [0.2, 0.25) is 5.88 Å². The summed E-state index contributed by atoms with van der Waals surface area (Å²) in [4.78, 5) is 17.2. The van der Waals surface area contributed by atoms with E-state index in [1.54, 1.807) is 6.20 Å². The summed E-state index contributed by atoms with van der Waals surface area (Å²) in [6, 6.07) is 3.79. The lowest BCUT2D eigenvalue weighted by molar-refractivity contribution is 0.0953. The Morgan fingerprint density at radius 2 is 2.26 bits per heavy atom. The van der Waals surface area contributed by atoms with Crippen LogP contribution in [0.2, 0.25) is 0 Å². The Morgan fingerprint density at radius 3 is 3.04 bits per heavy atom. The Bertz CT molecular complexity index is 668. The molecule has 7 heteroatoms. The standard InChI is InChI=1S/C16H20N4O2S/c1-2-13-14(23-20-19-13)15(21)18-10-11-6-5-9-17-16(11)22-12-7-3-4-8-12/h5-6,9,12H,2-4,7-8,10H2,1H3,(H,18,21). The zero-order chi connectivity index (χ0) is 16.1. The summed E-state index contributed by atoms with van der Waals surface area (Å²) in [6.07, 6.45) is 7.24. The van der Waals surface area contributed by atoms with Crippen molar-refractivity contribution in [3.63, 3.8) is 0 Å². The number of pyridine rings is 1. The minimum atomic E-state index is -0.146. The summed E-state index contributed by atoms with van der Waals surface area (Å²) in [5.74, 6) is 0.477. The van der Waals surface area contributed by atoms with Crippen LogP contribution in [-0.4, -0.2) is 26.6 Å². The number of amides is 1. The van der Waals surface area contributed by atoms with Gasteiger partial charge in [0.25, 0.3) is 5.91 Å². The molecule has 0 saturated heterocycles. The number of nitrogens with zero attached hydrogens (tertiary/aromatic N) is 3. The first-order valence-electron chi connectivity index (χ1n) is 7.98. The molecule has 0 radical (unpaired) electrons. The van der Waals surface area contributed by atoms with E-state index in [0.29, 0.717) is 23.7 Å². The lowest BCUT2D eigenvalue weighted by Crippen LogP contribution is -2.24. The van der Waals surface area contributed by atoms with Crippen molar-refractivity contribution in [2.75, 3.05) is 0 Å². The van der Waals surface area contributed by atoms with Gasteiger partial charge in [-0.2, -0.15) is 0 Å². The number of ether oxygens (including phenoxy) is 1. The van der Waals surface area contributed by atoms with Crippen molar-refractivity contribution in [2.24, 2.45) is 0 Å². The van der Waals surface area contributed by atoms with Gasteiger partial charge in [-0.25, -0.2) is 4.98 Å². The third-order valence-corrected chi connectivity index (χ3v) is 4.73. The molecule has 0 aliphatic heterocycles. The average Bonchev–Trinajstić information content (AvgIpc) is 3.25. The van der Waals surface area contributed by atoms with Gasteiger partial charge in [0, 0.05) is 18.3 Å². The van der Waals surface area contributed by atoms with E-state index in [9.17, 15) is 4.79 Å². The maximum Gasteiger partial charge on any atom is 0.265 e. The Kier molecular flexibility index (Phi) is 5.17. The molecule has 2 aromatic heterocycles. The molecule has 0 unspecified atom stereocenters. The van der Waals surface area contributed by atoms with Gasteiger partial charge in [-0.1, -0.05) is 17.5 Å². The first kappa shape index (κ1) is 15.9. The molecule has 2 heterocycles. The highest BCUT2D eigenvalue weighted by Gasteiger charge is 2.19. The number of hydrogen-bond acceptors (Lipinski definition) is 6. The van der Waals surface area contributed by atoms with Crippen molar-refractivity contribution in [1.82, 2.24) is 19.9 Å². The molecule has 23 heavy (non-hydrogen) atoms. The molecule has 0 atom stereocenters. The minimum absolute atomic E-state index is 0.146. The summed E-state index contributed by atoms with van der Waals surface area (Å²) < 4.78 is 9.84. The molecular formula is C16H20N4O2S. The lowest BCUT2D eigenvalue weighted by Gasteiger charge is -2.15. The smallest absolute Gasteiger partial charge is 0.265 e. The van der Waals surface area contributed by atoms with Crippen molar-refractivity contribution in [3.05, 3.63) is 34.5 Å². The molecule has 0 spiro atoms. The van der Waals surface area contributed by atoms with Gasteiger partial charge in [0.05, 0.1) is 5.69 Å². The van der Waals surface area contributed by atoms with Crippen molar-refractivity contribution in [3.8, 4) is 5.88 Å². The monoisotopic (exact) mass is 332 g/mol. The molecule has 1 saturated carbocycles. The van der Waals surface area contributed by atoms with Crippen molar-refractivity contribution >= 4 is 17.4 Å². The zero-order valence-corrected chi connectivity index (χ0v) is 13.9. The molecule has 1 aliphatic rings. The molecule has 3 rings (SSSR count). The van der Waals surface area contributed by atoms with Crippen LogP contribution < -0.4 is 10.1 Å². The van der Waals surface area contributed by atoms with Crippen molar-refractivity contribution < 1.29 is 9.53 Å². The van der Waals surface area contributed by atoms with Crippen LogP contribution in [0.25, 0.3) is 0 Å². The summed E-state index contributed by atoms with van der Waals surface area (Å²) >= 11 is 1.13. The molecule has 6 nitrogen and oxygen atoms in total. The predicted molar refractivity (Wildman–Crippen MR) is 87.6 cm³/mol. The van der Waals surface area contributed by atoms with E-state index >= 15 is 0 Å². The Morgan fingerprint density at radius 1 is 1.43 bits per heavy atom. The van der Waals surface area contributed by atoms with E-state index < -0.39 is 0 Å². The first-order valence-corrected chi connectivity index (χ1v) is 8.75. The summed E-state index contributed by atoms with van der Waals surface area (Å²) in [7, 11) is 0. The summed E-state index contributed by atoms with van der Waals surface area (Å²) in [6.45, 7) is 2.35. The molecule has 1 N–H and O–H groups in total. The highest BCUT2D eigenvalue weighted by atomic mass is 32.1. The van der Waals surface area contributed by atoms with Crippen LogP contribution in [0.5, 0.6) is 5.88 Å². The number of carbonyl (C=O) groups is 1. The fourth-order valence-electron chi connectivity index (χ4n) is 2.70. The van der Waals surface area contributed by atoms with Gasteiger partial charge in [-0.05, 0) is 49.7 Å². The van der Waals surface area contributed by atoms with E-state index in [1.807, 2.05) is 19.1 Å². The average molecular weight is 332 g/mol. The van der Waals surface area contributed by atoms with Crippen LogP contribution in [0.15, 0.2) is 18.3 Å². The van der Waals surface area contributed by atoms with E-state index in [4.69, 9.17) is 4.74 Å². The second-order valence-corrected chi connectivity index (χ2v) is 6.33. The largest absolute Gasteiger partial charge is 0.474 e. The second-order valence-electron chi connectivity index (χ2n) is 5.58. The van der Waals surface area contributed by atoms with Crippen LogP contribution in [0.3, 0.4) is 0 Å². The van der Waals surface area contributed by atoms with Crippen LogP contribution >= 0.6 is 11.5 Å². The van der Waals surface area contributed by atoms with Gasteiger partial charge in [0.15, 0.2) is 0 Å². The lowest BCUT2D eigenvalue weighted by atomic mass is 10.2. The third-order valence-electron chi connectivity index (χ3n) is 3.97. The molecule has 2 aromatic rings. The molecule has 122 valence electrons. The van der Waals surface area contributed by atoms with Crippen LogP contribution in [0.1, 0.15) is 53.5 Å². The van der Waals surface area contributed by atoms with Crippen molar-refractivity contribution in [2.45, 2.75) is 51.7 Å². The van der Waals surface area contributed by atoms with E-state index in [-0.39, 0.29) is 12.0 Å². The number of rotatable bonds is 6. The van der Waals surface area contributed by atoms with Crippen LogP contribution in [0.4, 0.5) is 0 Å². The van der Waals surface area contributed by atoms with Gasteiger partial charge in [-0.3, -0.25) is 4.79 Å². The quantitative estimate of drug-likeness (QED) is 0.880. The Hall–Kier alpha value is -2.02. The molecule has 1 aliphatic carbocycles. The van der Waals surface area contributed by atoms with Crippen molar-refractivity contribution in [1.29, 1.82) is 0 Å². The summed E-state index contributed by atoms with van der Waals surface area (Å²) in [5, 5.41) is 6.88. The topological polar surface area (TPSA) is 77.0 Å². The summed E-state index contributed by atoms with van der Waals surface area (Å²) in [5.41, 5.74) is 1.63. The SMILES string of the molecule is CCc1nnsc1C(=O)NCc1cccnc1OC1CCCC1. The van der Waals surface area contributed by atoms with Gasteiger partial charge in [-0.15, -0.1) is 5.10 Å². The third kappa shape index (κ3) is 3.85. The van der Waals surface area contributed by atoms with Gasteiger partial charge < -0.3 is 10.1 Å². The first-order chi connectivity index (χ1) is 11.3. The molecule has 0 bridgehead atoms. The molecule has 1 amide bonds. The highest BCUT2D eigenvalue weighted by molar-refractivity contribution is 7.08. The zero-order valence-electron chi connectivity index (χ0n) is 13.1. The Labute approximate surface area is 139 Å². The fraction of sp³-hybridized carbons (Fsp3) is 0.500. The second kappa shape index (κ2) is 7.50. The van der Waals surface area contributed by atoms with E-state index in [0.717, 1.165) is 35.6 Å². The maximum atomic E-state index is 12.3. The number of hydrogen-bond donors (Lipinski definition) is 1. The van der Waals surface area contributed by atoms with E-state index in [2.05, 4.69) is 19.9 Å². The Balaban J connectivity index is 1.64. The van der Waals surface area contributed by atoms with Gasteiger partial charge >= 0.3 is 0 Å². The molecule has 1 fully saturated rings. The number of aryl methyl sites for hydroxylation is 1. The fourth-order valence-corrected chi connectivity index (χ4v) is 3.36. The minimum Gasteiger partial charge on any atom is -0.474 e. The number of carbonyl (C=O) groups excluding carboxylic acids is 1. The van der Waals surface area contributed by atoms with Crippen LogP contribution in [-0.2, 0) is 13.0 Å². The normalized spacial score (nSPS) is 14.8.